The summed E-state index contributed by atoms with van der Waals surface area (Å²) in [5.41, 5.74) is 2.67. The first-order valence-electron chi connectivity index (χ1n) is 7.23. The van der Waals surface area contributed by atoms with Gasteiger partial charge in [0, 0.05) is 13.1 Å². The van der Waals surface area contributed by atoms with Gasteiger partial charge in [0.15, 0.2) is 0 Å². The lowest BCUT2D eigenvalue weighted by molar-refractivity contribution is 0.0700. The molecular formula is C17H17NO3S. The van der Waals surface area contributed by atoms with Crippen molar-refractivity contribution in [2.45, 2.75) is 25.3 Å². The highest BCUT2D eigenvalue weighted by atomic mass is 32.1. The van der Waals surface area contributed by atoms with Gasteiger partial charge in [0.25, 0.3) is 5.91 Å². The molecule has 0 saturated carbocycles. The van der Waals surface area contributed by atoms with Crippen molar-refractivity contribution < 1.29 is 14.7 Å². The zero-order valence-corrected chi connectivity index (χ0v) is 13.1. The van der Waals surface area contributed by atoms with Crippen LogP contribution >= 0.6 is 11.3 Å². The van der Waals surface area contributed by atoms with Crippen LogP contribution in [0.3, 0.4) is 0 Å². The number of carbonyl (C=O) groups is 2. The molecular weight excluding hydrogens is 298 g/mol. The molecule has 1 heterocycles. The third-order valence-corrected chi connectivity index (χ3v) is 5.28. The van der Waals surface area contributed by atoms with E-state index in [9.17, 15) is 9.59 Å². The molecule has 0 fully saturated rings. The largest absolute Gasteiger partial charge is 0.477 e. The Labute approximate surface area is 133 Å². The number of thiophene rings is 1. The molecule has 0 bridgehead atoms. The molecule has 0 radical (unpaired) electrons. The predicted octanol–water partition coefficient (Wildman–Crippen LogP) is 3.08. The lowest BCUT2D eigenvalue weighted by Crippen LogP contribution is -2.40. The summed E-state index contributed by atoms with van der Waals surface area (Å²) in [6.45, 7) is 0. The standard InChI is InChI=1S/C17H17NO3S/c1-18(16(19)14-8-9-15(22-14)17(20)21)13-7-6-11-4-2-3-5-12(11)10-13/h2-5,8-9,13H,6-7,10H2,1H3,(H,20,21). The highest BCUT2D eigenvalue weighted by Gasteiger charge is 2.26. The molecule has 1 aliphatic carbocycles. The SMILES string of the molecule is CN(C(=O)c1ccc(C(=O)O)s1)C1CCc2ccccc2C1. The maximum atomic E-state index is 12.5. The van der Waals surface area contributed by atoms with Crippen molar-refractivity contribution in [3.05, 3.63) is 57.3 Å². The molecule has 1 N–H and O–H groups in total. The number of nitrogens with zero attached hydrogens (tertiary/aromatic N) is 1. The average molecular weight is 315 g/mol. The lowest BCUT2D eigenvalue weighted by Gasteiger charge is -2.32. The Hall–Kier alpha value is -2.14. The number of likely N-dealkylation sites (N-methyl/N-ethyl adjacent to an activating group) is 1. The van der Waals surface area contributed by atoms with Crippen LogP contribution in [0.15, 0.2) is 36.4 Å². The number of hydrogen-bond donors (Lipinski definition) is 1. The Bertz CT molecular complexity index is 722. The van der Waals surface area contributed by atoms with E-state index in [0.717, 1.165) is 30.6 Å². The number of aryl methyl sites for hydroxylation is 1. The maximum Gasteiger partial charge on any atom is 0.345 e. The van der Waals surface area contributed by atoms with E-state index >= 15 is 0 Å². The Morgan fingerprint density at radius 2 is 1.82 bits per heavy atom. The van der Waals surface area contributed by atoms with Crippen LogP contribution < -0.4 is 0 Å². The molecule has 2 aromatic rings. The molecule has 1 amide bonds. The minimum Gasteiger partial charge on any atom is -0.477 e. The molecule has 114 valence electrons. The van der Waals surface area contributed by atoms with Gasteiger partial charge in [-0.3, -0.25) is 4.79 Å². The van der Waals surface area contributed by atoms with Crippen LogP contribution in [-0.2, 0) is 12.8 Å². The van der Waals surface area contributed by atoms with E-state index in [1.165, 1.54) is 17.2 Å². The smallest absolute Gasteiger partial charge is 0.345 e. The average Bonchev–Trinajstić information content (AvgIpc) is 3.03. The fourth-order valence-electron chi connectivity index (χ4n) is 2.92. The summed E-state index contributed by atoms with van der Waals surface area (Å²) in [6, 6.07) is 11.6. The Morgan fingerprint density at radius 3 is 2.50 bits per heavy atom. The van der Waals surface area contributed by atoms with Crippen LogP contribution in [0.5, 0.6) is 0 Å². The number of carbonyl (C=O) groups excluding carboxylic acids is 1. The van der Waals surface area contributed by atoms with Crippen LogP contribution in [0.4, 0.5) is 0 Å². The van der Waals surface area contributed by atoms with E-state index in [1.54, 1.807) is 18.0 Å². The summed E-state index contributed by atoms with van der Waals surface area (Å²) in [6.07, 6.45) is 2.77. The number of rotatable bonds is 3. The Balaban J connectivity index is 1.75. The van der Waals surface area contributed by atoms with Crippen molar-refractivity contribution in [1.29, 1.82) is 0 Å². The van der Waals surface area contributed by atoms with Crippen LogP contribution in [0.2, 0.25) is 0 Å². The van der Waals surface area contributed by atoms with E-state index < -0.39 is 5.97 Å². The van der Waals surface area contributed by atoms with Crippen molar-refractivity contribution in [2.75, 3.05) is 7.05 Å². The third kappa shape index (κ3) is 2.76. The van der Waals surface area contributed by atoms with Gasteiger partial charge in [0.05, 0.1) is 4.88 Å². The molecule has 1 atom stereocenters. The van der Waals surface area contributed by atoms with Crippen molar-refractivity contribution in [1.82, 2.24) is 4.90 Å². The zero-order chi connectivity index (χ0) is 15.7. The summed E-state index contributed by atoms with van der Waals surface area (Å²) in [4.78, 5) is 25.9. The van der Waals surface area contributed by atoms with Crippen molar-refractivity contribution in [3.8, 4) is 0 Å². The summed E-state index contributed by atoms with van der Waals surface area (Å²) in [5, 5.41) is 8.96. The molecule has 1 aromatic carbocycles. The summed E-state index contributed by atoms with van der Waals surface area (Å²) in [7, 11) is 1.81. The highest BCUT2D eigenvalue weighted by Crippen LogP contribution is 2.26. The lowest BCUT2D eigenvalue weighted by atomic mass is 9.87. The van der Waals surface area contributed by atoms with Crippen LogP contribution in [-0.4, -0.2) is 35.0 Å². The minimum atomic E-state index is -0.988. The van der Waals surface area contributed by atoms with Gasteiger partial charge in [0.2, 0.25) is 0 Å². The van der Waals surface area contributed by atoms with E-state index in [-0.39, 0.29) is 16.8 Å². The quantitative estimate of drug-likeness (QED) is 0.947. The highest BCUT2D eigenvalue weighted by molar-refractivity contribution is 7.15. The van der Waals surface area contributed by atoms with Crippen LogP contribution in [0, 0.1) is 0 Å². The normalized spacial score (nSPS) is 16.9. The van der Waals surface area contributed by atoms with Crippen molar-refractivity contribution >= 4 is 23.2 Å². The molecule has 3 rings (SSSR count). The Kier molecular flexibility index (Phi) is 3.98. The second-order valence-electron chi connectivity index (χ2n) is 5.55. The molecule has 1 aliphatic rings. The molecule has 1 unspecified atom stereocenters. The van der Waals surface area contributed by atoms with Gasteiger partial charge in [-0.25, -0.2) is 4.79 Å². The first-order chi connectivity index (χ1) is 10.6. The molecule has 1 aromatic heterocycles. The van der Waals surface area contributed by atoms with E-state index in [4.69, 9.17) is 5.11 Å². The fourth-order valence-corrected chi connectivity index (χ4v) is 3.74. The maximum absolute atomic E-state index is 12.5. The number of fused-ring (bicyclic) bond motifs is 1. The molecule has 22 heavy (non-hydrogen) atoms. The first kappa shape index (κ1) is 14.8. The summed E-state index contributed by atoms with van der Waals surface area (Å²) in [5.74, 6) is -1.08. The molecule has 0 saturated heterocycles. The molecule has 5 heteroatoms. The molecule has 0 aliphatic heterocycles. The monoisotopic (exact) mass is 315 g/mol. The van der Waals surface area contributed by atoms with Gasteiger partial charge in [-0.15, -0.1) is 11.3 Å². The van der Waals surface area contributed by atoms with E-state index in [2.05, 4.69) is 12.1 Å². The number of carboxylic acids is 1. The van der Waals surface area contributed by atoms with E-state index in [1.807, 2.05) is 12.1 Å². The van der Waals surface area contributed by atoms with Crippen LogP contribution in [0.25, 0.3) is 0 Å². The van der Waals surface area contributed by atoms with E-state index in [0.29, 0.717) is 4.88 Å². The zero-order valence-electron chi connectivity index (χ0n) is 12.3. The second-order valence-corrected chi connectivity index (χ2v) is 6.63. The second kappa shape index (κ2) is 5.93. The van der Waals surface area contributed by atoms with Gasteiger partial charge < -0.3 is 10.0 Å². The predicted molar refractivity (Wildman–Crippen MR) is 85.6 cm³/mol. The number of amides is 1. The first-order valence-corrected chi connectivity index (χ1v) is 8.05. The van der Waals surface area contributed by atoms with Gasteiger partial charge in [0.1, 0.15) is 4.88 Å². The number of carboxylic acid groups (broad SMARTS) is 1. The number of hydrogen-bond acceptors (Lipinski definition) is 3. The van der Waals surface area contributed by atoms with Gasteiger partial charge in [-0.1, -0.05) is 24.3 Å². The Morgan fingerprint density at radius 1 is 1.14 bits per heavy atom. The summed E-state index contributed by atoms with van der Waals surface area (Å²) < 4.78 is 0. The molecule has 0 spiro atoms. The van der Waals surface area contributed by atoms with Crippen LogP contribution in [0.1, 0.15) is 36.9 Å². The fraction of sp³-hybridized carbons (Fsp3) is 0.294. The third-order valence-electron chi connectivity index (χ3n) is 4.22. The summed E-state index contributed by atoms with van der Waals surface area (Å²) >= 11 is 1.04. The van der Waals surface area contributed by atoms with Gasteiger partial charge in [-0.05, 0) is 42.5 Å². The molecule has 4 nitrogen and oxygen atoms in total. The number of aromatic carboxylic acids is 1. The van der Waals surface area contributed by atoms with Gasteiger partial charge >= 0.3 is 5.97 Å². The topological polar surface area (TPSA) is 57.6 Å². The van der Waals surface area contributed by atoms with Crippen molar-refractivity contribution in [3.63, 3.8) is 0 Å². The van der Waals surface area contributed by atoms with Crippen molar-refractivity contribution in [2.24, 2.45) is 0 Å². The van der Waals surface area contributed by atoms with Gasteiger partial charge in [-0.2, -0.15) is 0 Å². The minimum absolute atomic E-state index is 0.0955. The number of benzene rings is 1.